The van der Waals surface area contributed by atoms with E-state index in [0.29, 0.717) is 6.54 Å². The van der Waals surface area contributed by atoms with Gasteiger partial charge in [-0.1, -0.05) is 40.2 Å². The number of nitrogens with two attached hydrogens (primary N) is 1. The lowest BCUT2D eigenvalue weighted by atomic mass is 10.2. The molecular weight excluding hydrogens is 280 g/mol. The molecule has 1 atom stereocenters. The lowest BCUT2D eigenvalue weighted by molar-refractivity contribution is 0.644. The van der Waals surface area contributed by atoms with Crippen LogP contribution < -0.4 is 5.73 Å². The van der Waals surface area contributed by atoms with Crippen LogP contribution in [0.4, 0.5) is 0 Å². The standard InChI is InChI=1S/C12H15BrN4/c1-2-11(14)12-8-17(16-15-12)7-9-4-3-5-10(13)6-9/h3-6,8,11H,2,7,14H2,1H3. The summed E-state index contributed by atoms with van der Waals surface area (Å²) >= 11 is 3.45. The molecule has 0 saturated carbocycles. The molecule has 0 radical (unpaired) electrons. The van der Waals surface area contributed by atoms with Gasteiger partial charge in [0.1, 0.15) is 0 Å². The molecular formula is C12H15BrN4. The molecule has 0 aliphatic heterocycles. The normalized spacial score (nSPS) is 12.6. The molecule has 90 valence electrons. The summed E-state index contributed by atoms with van der Waals surface area (Å²) < 4.78 is 2.88. The van der Waals surface area contributed by atoms with Gasteiger partial charge in [-0.15, -0.1) is 5.10 Å². The van der Waals surface area contributed by atoms with Crippen LogP contribution in [0.5, 0.6) is 0 Å². The minimum atomic E-state index is -0.0220. The molecule has 4 nitrogen and oxygen atoms in total. The Kier molecular flexibility index (Phi) is 3.91. The Morgan fingerprint density at radius 2 is 2.29 bits per heavy atom. The molecule has 2 rings (SSSR count). The first-order chi connectivity index (χ1) is 8.19. The third-order valence-electron chi connectivity index (χ3n) is 2.61. The molecule has 1 unspecified atom stereocenters. The maximum absolute atomic E-state index is 5.90. The van der Waals surface area contributed by atoms with Crippen molar-refractivity contribution in [2.75, 3.05) is 0 Å². The average Bonchev–Trinajstić information content (AvgIpc) is 2.76. The SMILES string of the molecule is CCC(N)c1cn(Cc2cccc(Br)c2)nn1. The maximum Gasteiger partial charge on any atom is 0.0994 e. The zero-order valence-electron chi connectivity index (χ0n) is 9.68. The van der Waals surface area contributed by atoms with Gasteiger partial charge >= 0.3 is 0 Å². The lowest BCUT2D eigenvalue weighted by Crippen LogP contribution is -2.08. The molecule has 0 aliphatic rings. The number of rotatable bonds is 4. The third kappa shape index (κ3) is 3.14. The van der Waals surface area contributed by atoms with E-state index in [4.69, 9.17) is 5.73 Å². The van der Waals surface area contributed by atoms with E-state index >= 15 is 0 Å². The number of hydrogen-bond donors (Lipinski definition) is 1. The largest absolute Gasteiger partial charge is 0.323 e. The molecule has 1 heterocycles. The molecule has 2 N–H and O–H groups in total. The van der Waals surface area contributed by atoms with Gasteiger partial charge in [-0.05, 0) is 24.1 Å². The highest BCUT2D eigenvalue weighted by Gasteiger charge is 2.08. The number of benzene rings is 1. The molecule has 0 spiro atoms. The van der Waals surface area contributed by atoms with Crippen LogP contribution in [0.2, 0.25) is 0 Å². The van der Waals surface area contributed by atoms with Crippen molar-refractivity contribution in [3.63, 3.8) is 0 Å². The highest BCUT2D eigenvalue weighted by Crippen LogP contribution is 2.14. The van der Waals surface area contributed by atoms with Crippen LogP contribution in [-0.4, -0.2) is 15.0 Å². The summed E-state index contributed by atoms with van der Waals surface area (Å²) in [5.41, 5.74) is 7.93. The van der Waals surface area contributed by atoms with Crippen LogP contribution in [0.15, 0.2) is 34.9 Å². The molecule has 0 aliphatic carbocycles. The van der Waals surface area contributed by atoms with E-state index in [0.717, 1.165) is 16.6 Å². The summed E-state index contributed by atoms with van der Waals surface area (Å²) in [6.07, 6.45) is 2.78. The van der Waals surface area contributed by atoms with Crippen LogP contribution >= 0.6 is 15.9 Å². The number of aromatic nitrogens is 3. The second-order valence-electron chi connectivity index (χ2n) is 3.99. The van der Waals surface area contributed by atoms with Crippen molar-refractivity contribution in [1.29, 1.82) is 0 Å². The van der Waals surface area contributed by atoms with Crippen molar-refractivity contribution in [2.24, 2.45) is 5.73 Å². The zero-order valence-corrected chi connectivity index (χ0v) is 11.3. The van der Waals surface area contributed by atoms with Crippen LogP contribution in [0.25, 0.3) is 0 Å². The molecule has 17 heavy (non-hydrogen) atoms. The molecule has 5 heteroatoms. The second-order valence-corrected chi connectivity index (χ2v) is 4.90. The summed E-state index contributed by atoms with van der Waals surface area (Å²) in [4.78, 5) is 0. The van der Waals surface area contributed by atoms with E-state index in [-0.39, 0.29) is 6.04 Å². The van der Waals surface area contributed by atoms with E-state index in [9.17, 15) is 0 Å². The van der Waals surface area contributed by atoms with E-state index < -0.39 is 0 Å². The molecule has 0 saturated heterocycles. The highest BCUT2D eigenvalue weighted by atomic mass is 79.9. The number of halogens is 1. The summed E-state index contributed by atoms with van der Waals surface area (Å²) in [7, 11) is 0. The van der Waals surface area contributed by atoms with Gasteiger partial charge in [0.05, 0.1) is 24.5 Å². The Bertz CT molecular complexity index is 495. The van der Waals surface area contributed by atoms with Gasteiger partial charge < -0.3 is 5.73 Å². The van der Waals surface area contributed by atoms with Crippen molar-refractivity contribution in [2.45, 2.75) is 25.9 Å². The van der Waals surface area contributed by atoms with Gasteiger partial charge in [0.2, 0.25) is 0 Å². The Hall–Kier alpha value is -1.20. The maximum atomic E-state index is 5.90. The predicted octanol–water partition coefficient (Wildman–Crippen LogP) is 2.50. The van der Waals surface area contributed by atoms with Gasteiger partial charge in [0, 0.05) is 4.47 Å². The Morgan fingerprint density at radius 3 is 3.00 bits per heavy atom. The molecule has 0 fully saturated rings. The second kappa shape index (κ2) is 5.42. The van der Waals surface area contributed by atoms with Crippen molar-refractivity contribution in [1.82, 2.24) is 15.0 Å². The fourth-order valence-electron chi connectivity index (χ4n) is 1.59. The van der Waals surface area contributed by atoms with Gasteiger partial charge in [-0.2, -0.15) is 0 Å². The first-order valence-corrected chi connectivity index (χ1v) is 6.38. The quantitative estimate of drug-likeness (QED) is 0.943. The van der Waals surface area contributed by atoms with E-state index in [1.807, 2.05) is 29.9 Å². The van der Waals surface area contributed by atoms with Crippen molar-refractivity contribution >= 4 is 15.9 Å². The minimum absolute atomic E-state index is 0.0220. The van der Waals surface area contributed by atoms with E-state index in [2.05, 4.69) is 38.4 Å². The zero-order chi connectivity index (χ0) is 12.3. The fourth-order valence-corrected chi connectivity index (χ4v) is 2.04. The summed E-state index contributed by atoms with van der Waals surface area (Å²) in [5.74, 6) is 0. The third-order valence-corrected chi connectivity index (χ3v) is 3.10. The molecule has 0 amide bonds. The lowest BCUT2D eigenvalue weighted by Gasteiger charge is -2.03. The average molecular weight is 295 g/mol. The Morgan fingerprint density at radius 1 is 1.47 bits per heavy atom. The van der Waals surface area contributed by atoms with E-state index in [1.165, 1.54) is 5.56 Å². The summed E-state index contributed by atoms with van der Waals surface area (Å²) in [6.45, 7) is 2.75. The molecule has 1 aromatic heterocycles. The molecule has 0 bridgehead atoms. The number of nitrogens with zero attached hydrogens (tertiary/aromatic N) is 3. The first kappa shape index (κ1) is 12.3. The van der Waals surface area contributed by atoms with Gasteiger partial charge in [-0.3, -0.25) is 0 Å². The van der Waals surface area contributed by atoms with Crippen molar-refractivity contribution in [3.8, 4) is 0 Å². The van der Waals surface area contributed by atoms with E-state index in [1.54, 1.807) is 0 Å². The Labute approximate surface area is 109 Å². The smallest absolute Gasteiger partial charge is 0.0994 e. The minimum Gasteiger partial charge on any atom is -0.323 e. The first-order valence-electron chi connectivity index (χ1n) is 5.59. The van der Waals surface area contributed by atoms with Gasteiger partial charge in [0.25, 0.3) is 0 Å². The predicted molar refractivity (Wildman–Crippen MR) is 70.5 cm³/mol. The van der Waals surface area contributed by atoms with Crippen LogP contribution in [0.1, 0.15) is 30.6 Å². The van der Waals surface area contributed by atoms with Gasteiger partial charge in [0.15, 0.2) is 0 Å². The van der Waals surface area contributed by atoms with Crippen molar-refractivity contribution in [3.05, 3.63) is 46.2 Å². The molecule has 1 aromatic carbocycles. The van der Waals surface area contributed by atoms with Gasteiger partial charge in [-0.25, -0.2) is 4.68 Å². The monoisotopic (exact) mass is 294 g/mol. The topological polar surface area (TPSA) is 56.7 Å². The summed E-state index contributed by atoms with van der Waals surface area (Å²) in [6, 6.07) is 8.12. The van der Waals surface area contributed by atoms with Crippen LogP contribution in [-0.2, 0) is 6.54 Å². The summed E-state index contributed by atoms with van der Waals surface area (Å²) in [5, 5.41) is 8.16. The fraction of sp³-hybridized carbons (Fsp3) is 0.333. The van der Waals surface area contributed by atoms with Crippen molar-refractivity contribution < 1.29 is 0 Å². The molecule has 2 aromatic rings. The highest BCUT2D eigenvalue weighted by molar-refractivity contribution is 9.10. The Balaban J connectivity index is 2.11. The number of hydrogen-bond acceptors (Lipinski definition) is 3. The van der Waals surface area contributed by atoms with Crippen LogP contribution in [0, 0.1) is 0 Å². The van der Waals surface area contributed by atoms with Crippen LogP contribution in [0.3, 0.4) is 0 Å².